The zero-order valence-corrected chi connectivity index (χ0v) is 11.8. The van der Waals surface area contributed by atoms with E-state index in [1.165, 1.54) is 6.07 Å². The Balaban J connectivity index is 2.40. The molecule has 0 atom stereocenters. The van der Waals surface area contributed by atoms with Gasteiger partial charge < -0.3 is 19.8 Å². The number of phenols is 1. The third-order valence-corrected chi connectivity index (χ3v) is 3.36. The number of para-hydroxylation sites is 1. The molecular weight excluding hydrogens is 284 g/mol. The topological polar surface area (TPSA) is 95.2 Å². The van der Waals surface area contributed by atoms with Crippen molar-refractivity contribution in [1.82, 2.24) is 9.97 Å². The number of carbonyl (C=O) groups is 1. The number of pyridine rings is 1. The molecular formula is C16H14N2O4. The quantitative estimate of drug-likeness (QED) is 0.647. The lowest BCUT2D eigenvalue weighted by Gasteiger charge is -2.10. The number of hydrogen-bond donors (Lipinski definition) is 3. The average Bonchev–Trinajstić information content (AvgIpc) is 3.02. The van der Waals surface area contributed by atoms with E-state index in [1.54, 1.807) is 37.4 Å². The predicted octanol–water partition coefficient (Wildman–Crippen LogP) is 2.41. The van der Waals surface area contributed by atoms with Crippen LogP contribution in [0.4, 0.5) is 0 Å². The molecule has 22 heavy (non-hydrogen) atoms. The first-order chi connectivity index (χ1) is 10.6. The van der Waals surface area contributed by atoms with E-state index in [0.717, 1.165) is 0 Å². The van der Waals surface area contributed by atoms with Gasteiger partial charge in [0, 0.05) is 6.20 Å². The lowest BCUT2D eigenvalue weighted by atomic mass is 10.1. The van der Waals surface area contributed by atoms with E-state index in [9.17, 15) is 14.7 Å². The van der Waals surface area contributed by atoms with Crippen molar-refractivity contribution >= 4 is 16.9 Å². The smallest absolute Gasteiger partial charge is 0.344 e. The van der Waals surface area contributed by atoms with E-state index in [1.807, 2.05) is 0 Å². The Kier molecular flexibility index (Phi) is 3.42. The molecule has 0 spiro atoms. The van der Waals surface area contributed by atoms with Crippen LogP contribution in [0.5, 0.6) is 5.75 Å². The molecule has 0 bridgehead atoms. The van der Waals surface area contributed by atoms with Crippen molar-refractivity contribution in [2.45, 2.75) is 6.92 Å². The summed E-state index contributed by atoms with van der Waals surface area (Å²) in [6.07, 6.45) is 1.68. The second-order valence-corrected chi connectivity index (χ2v) is 4.71. The fraction of sp³-hybridized carbons (Fsp3) is 0.125. The van der Waals surface area contributed by atoms with Crippen LogP contribution in [0.25, 0.3) is 22.3 Å². The van der Waals surface area contributed by atoms with E-state index in [2.05, 4.69) is 9.97 Å². The molecule has 6 heteroatoms. The standard InChI is InChI=1S/C16H14N2O4/c1-2-22-16(21)12-14(10-6-4-8-17-10)18-13-9(15(12)20)5-3-7-11(13)19/h3-8,17,19H,2H2,1H3,(H,18,20). The first-order valence-corrected chi connectivity index (χ1v) is 6.82. The number of rotatable bonds is 3. The van der Waals surface area contributed by atoms with Gasteiger partial charge in [-0.05, 0) is 31.2 Å². The van der Waals surface area contributed by atoms with Crippen LogP contribution in [0, 0.1) is 0 Å². The Bertz CT molecular complexity index is 894. The first-order valence-electron chi connectivity index (χ1n) is 6.82. The van der Waals surface area contributed by atoms with E-state index in [-0.39, 0.29) is 28.8 Å². The number of aromatic hydroxyl groups is 1. The Hall–Kier alpha value is -3.02. The molecule has 0 aliphatic carbocycles. The Morgan fingerprint density at radius 2 is 2.09 bits per heavy atom. The van der Waals surface area contributed by atoms with Gasteiger partial charge in [-0.15, -0.1) is 0 Å². The summed E-state index contributed by atoms with van der Waals surface area (Å²) in [5.74, 6) is -0.753. The van der Waals surface area contributed by atoms with Gasteiger partial charge in [0.1, 0.15) is 11.3 Å². The maximum Gasteiger partial charge on any atom is 0.344 e. The van der Waals surface area contributed by atoms with Crippen LogP contribution in [-0.2, 0) is 4.74 Å². The van der Waals surface area contributed by atoms with Gasteiger partial charge in [0.25, 0.3) is 0 Å². The Labute approximate surface area is 125 Å². The number of phenolic OH excluding ortho intramolecular Hbond substituents is 1. The highest BCUT2D eigenvalue weighted by Crippen LogP contribution is 2.26. The number of H-pyrrole nitrogens is 2. The monoisotopic (exact) mass is 298 g/mol. The molecule has 0 unspecified atom stereocenters. The van der Waals surface area contributed by atoms with Crippen molar-refractivity contribution in [2.75, 3.05) is 6.61 Å². The zero-order chi connectivity index (χ0) is 15.7. The molecule has 0 saturated carbocycles. The van der Waals surface area contributed by atoms with Crippen molar-refractivity contribution in [3.63, 3.8) is 0 Å². The summed E-state index contributed by atoms with van der Waals surface area (Å²) in [5.41, 5.74) is 0.577. The number of aromatic amines is 2. The van der Waals surface area contributed by atoms with Crippen LogP contribution in [0.15, 0.2) is 41.3 Å². The maximum absolute atomic E-state index is 12.7. The maximum atomic E-state index is 12.7. The number of ether oxygens (including phenoxy) is 1. The van der Waals surface area contributed by atoms with Crippen LogP contribution in [0.1, 0.15) is 17.3 Å². The van der Waals surface area contributed by atoms with Gasteiger partial charge in [-0.2, -0.15) is 0 Å². The molecule has 2 heterocycles. The second-order valence-electron chi connectivity index (χ2n) is 4.71. The van der Waals surface area contributed by atoms with E-state index in [0.29, 0.717) is 11.4 Å². The van der Waals surface area contributed by atoms with Gasteiger partial charge in [0.2, 0.25) is 5.43 Å². The van der Waals surface area contributed by atoms with Crippen molar-refractivity contribution in [2.24, 2.45) is 0 Å². The highest BCUT2D eigenvalue weighted by molar-refractivity contribution is 6.00. The minimum absolute atomic E-state index is 0.0576. The van der Waals surface area contributed by atoms with Crippen LogP contribution < -0.4 is 5.43 Å². The van der Waals surface area contributed by atoms with Crippen LogP contribution in [-0.4, -0.2) is 27.7 Å². The lowest BCUT2D eigenvalue weighted by molar-refractivity contribution is 0.0525. The molecule has 3 N–H and O–H groups in total. The third-order valence-electron chi connectivity index (χ3n) is 3.36. The Morgan fingerprint density at radius 3 is 2.77 bits per heavy atom. The second kappa shape index (κ2) is 5.40. The first kappa shape index (κ1) is 13.9. The Morgan fingerprint density at radius 1 is 1.27 bits per heavy atom. The SMILES string of the molecule is CCOC(=O)c1c(-c2ccc[nH]2)[nH]c2c(O)cccc2c1=O. The molecule has 0 saturated heterocycles. The largest absolute Gasteiger partial charge is 0.506 e. The lowest BCUT2D eigenvalue weighted by Crippen LogP contribution is -2.20. The normalized spacial score (nSPS) is 10.8. The van der Waals surface area contributed by atoms with E-state index in [4.69, 9.17) is 4.74 Å². The number of carbonyl (C=O) groups excluding carboxylic acids is 1. The number of nitrogens with one attached hydrogen (secondary N) is 2. The van der Waals surface area contributed by atoms with Gasteiger partial charge in [-0.25, -0.2) is 4.79 Å². The van der Waals surface area contributed by atoms with Crippen molar-refractivity contribution < 1.29 is 14.6 Å². The minimum atomic E-state index is -0.696. The van der Waals surface area contributed by atoms with Gasteiger partial charge in [-0.3, -0.25) is 4.79 Å². The summed E-state index contributed by atoms with van der Waals surface area (Å²) in [6.45, 7) is 1.84. The summed E-state index contributed by atoms with van der Waals surface area (Å²) >= 11 is 0. The number of fused-ring (bicyclic) bond motifs is 1. The molecule has 1 aromatic carbocycles. The van der Waals surface area contributed by atoms with Gasteiger partial charge in [0.05, 0.1) is 28.9 Å². The molecule has 0 fully saturated rings. The fourth-order valence-electron chi connectivity index (χ4n) is 2.38. The highest BCUT2D eigenvalue weighted by atomic mass is 16.5. The van der Waals surface area contributed by atoms with Gasteiger partial charge >= 0.3 is 5.97 Å². The van der Waals surface area contributed by atoms with Crippen molar-refractivity contribution in [1.29, 1.82) is 0 Å². The van der Waals surface area contributed by atoms with E-state index < -0.39 is 11.4 Å². The summed E-state index contributed by atoms with van der Waals surface area (Å²) in [4.78, 5) is 30.8. The fourth-order valence-corrected chi connectivity index (χ4v) is 2.38. The molecule has 0 aliphatic rings. The molecule has 3 rings (SSSR count). The van der Waals surface area contributed by atoms with Gasteiger partial charge in [-0.1, -0.05) is 6.07 Å². The average molecular weight is 298 g/mol. The van der Waals surface area contributed by atoms with Crippen LogP contribution in [0.3, 0.4) is 0 Å². The van der Waals surface area contributed by atoms with Crippen LogP contribution >= 0.6 is 0 Å². The third kappa shape index (κ3) is 2.14. The molecule has 2 aromatic heterocycles. The summed E-state index contributed by atoms with van der Waals surface area (Å²) < 4.78 is 4.99. The van der Waals surface area contributed by atoms with Crippen LogP contribution in [0.2, 0.25) is 0 Å². The van der Waals surface area contributed by atoms with Crippen molar-refractivity contribution in [3.05, 3.63) is 52.3 Å². The molecule has 0 radical (unpaired) electrons. The molecule has 112 valence electrons. The summed E-state index contributed by atoms with van der Waals surface area (Å²) in [6, 6.07) is 8.05. The molecule has 0 amide bonds. The predicted molar refractivity (Wildman–Crippen MR) is 82.0 cm³/mol. The molecule has 3 aromatic rings. The van der Waals surface area contributed by atoms with Crippen molar-refractivity contribution in [3.8, 4) is 17.1 Å². The van der Waals surface area contributed by atoms with Gasteiger partial charge in [0.15, 0.2) is 0 Å². The number of hydrogen-bond acceptors (Lipinski definition) is 4. The summed E-state index contributed by atoms with van der Waals surface area (Å²) in [5, 5.41) is 10.2. The molecule has 0 aliphatic heterocycles. The number of benzene rings is 1. The minimum Gasteiger partial charge on any atom is -0.506 e. The summed E-state index contributed by atoms with van der Waals surface area (Å²) in [7, 11) is 0. The highest BCUT2D eigenvalue weighted by Gasteiger charge is 2.22. The number of esters is 1. The zero-order valence-electron chi connectivity index (χ0n) is 11.8. The number of aromatic nitrogens is 2. The molecule has 6 nitrogen and oxygen atoms in total. The van der Waals surface area contributed by atoms with E-state index >= 15 is 0 Å².